The van der Waals surface area contributed by atoms with Gasteiger partial charge in [-0.15, -0.1) is 11.3 Å². The first-order valence-corrected chi connectivity index (χ1v) is 7.52. The van der Waals surface area contributed by atoms with Crippen LogP contribution in [0.2, 0.25) is 0 Å². The molecule has 0 aliphatic heterocycles. The van der Waals surface area contributed by atoms with E-state index in [1.54, 1.807) is 0 Å². The van der Waals surface area contributed by atoms with Crippen molar-refractivity contribution in [3.05, 3.63) is 22.4 Å². The first kappa shape index (κ1) is 12.1. The lowest BCUT2D eigenvalue weighted by Crippen LogP contribution is -2.32. The van der Waals surface area contributed by atoms with E-state index in [2.05, 4.69) is 29.8 Å². The van der Waals surface area contributed by atoms with Gasteiger partial charge in [0.2, 0.25) is 0 Å². The summed E-state index contributed by atoms with van der Waals surface area (Å²) >= 11 is 1.88. The molecule has 0 radical (unpaired) electrons. The van der Waals surface area contributed by atoms with Gasteiger partial charge >= 0.3 is 0 Å². The largest absolute Gasteiger partial charge is 0.314 e. The lowest BCUT2D eigenvalue weighted by Gasteiger charge is -2.26. The maximum Gasteiger partial charge on any atom is 0.0113 e. The molecule has 1 aromatic heterocycles. The molecule has 1 unspecified atom stereocenters. The lowest BCUT2D eigenvalue weighted by molar-refractivity contribution is 0.286. The Morgan fingerprint density at radius 1 is 1.50 bits per heavy atom. The van der Waals surface area contributed by atoms with Crippen LogP contribution in [-0.4, -0.2) is 12.6 Å². The standard InChI is InChI=1S/C14H23NS/c1-2-13(11-14-7-4-10-16-14)15-9-8-12-5-3-6-12/h4,7,10,12-13,15H,2-3,5-6,8-9,11H2,1H3. The molecule has 1 saturated carbocycles. The van der Waals surface area contributed by atoms with Crippen molar-refractivity contribution in [2.24, 2.45) is 5.92 Å². The molecule has 1 N–H and O–H groups in total. The summed E-state index contributed by atoms with van der Waals surface area (Å²) in [6, 6.07) is 5.08. The average Bonchev–Trinajstić information content (AvgIpc) is 2.72. The number of rotatable bonds is 7. The Morgan fingerprint density at radius 2 is 2.38 bits per heavy atom. The van der Waals surface area contributed by atoms with Crippen LogP contribution in [0.25, 0.3) is 0 Å². The Morgan fingerprint density at radius 3 is 2.94 bits per heavy atom. The highest BCUT2D eigenvalue weighted by molar-refractivity contribution is 7.09. The second-order valence-corrected chi connectivity index (χ2v) is 5.96. The molecule has 1 atom stereocenters. The maximum atomic E-state index is 3.71. The Balaban J connectivity index is 1.64. The topological polar surface area (TPSA) is 12.0 Å². The van der Waals surface area contributed by atoms with Gasteiger partial charge in [0, 0.05) is 10.9 Å². The van der Waals surface area contributed by atoms with Crippen LogP contribution in [0.15, 0.2) is 17.5 Å². The van der Waals surface area contributed by atoms with E-state index in [0.717, 1.165) is 5.92 Å². The van der Waals surface area contributed by atoms with Gasteiger partial charge in [-0.3, -0.25) is 0 Å². The zero-order valence-electron chi connectivity index (χ0n) is 10.2. The van der Waals surface area contributed by atoms with Crippen molar-refractivity contribution in [3.63, 3.8) is 0 Å². The fraction of sp³-hybridized carbons (Fsp3) is 0.714. The van der Waals surface area contributed by atoms with Crippen LogP contribution in [0.1, 0.15) is 43.9 Å². The third-order valence-corrected chi connectivity index (χ3v) is 4.63. The average molecular weight is 237 g/mol. The summed E-state index contributed by atoms with van der Waals surface area (Å²) in [7, 11) is 0. The van der Waals surface area contributed by atoms with E-state index in [1.165, 1.54) is 49.9 Å². The van der Waals surface area contributed by atoms with Crippen molar-refractivity contribution in [1.82, 2.24) is 5.32 Å². The molecule has 2 heteroatoms. The SMILES string of the molecule is CCC(Cc1cccs1)NCCC1CCC1. The zero-order chi connectivity index (χ0) is 11.2. The maximum absolute atomic E-state index is 3.71. The predicted molar refractivity (Wildman–Crippen MR) is 72.1 cm³/mol. The molecule has 1 aliphatic carbocycles. The Labute approximate surface area is 103 Å². The van der Waals surface area contributed by atoms with E-state index in [1.807, 2.05) is 11.3 Å². The van der Waals surface area contributed by atoms with E-state index in [-0.39, 0.29) is 0 Å². The molecule has 16 heavy (non-hydrogen) atoms. The van der Waals surface area contributed by atoms with Crippen LogP contribution in [0.4, 0.5) is 0 Å². The van der Waals surface area contributed by atoms with Crippen molar-refractivity contribution in [1.29, 1.82) is 0 Å². The summed E-state index contributed by atoms with van der Waals surface area (Å²) in [4.78, 5) is 1.52. The first-order chi connectivity index (χ1) is 7.88. The molecule has 0 saturated heterocycles. The molecule has 90 valence electrons. The molecule has 0 bridgehead atoms. The summed E-state index contributed by atoms with van der Waals surface area (Å²) in [5, 5.41) is 5.89. The quantitative estimate of drug-likeness (QED) is 0.759. The Bertz CT molecular complexity index is 277. The van der Waals surface area contributed by atoms with Gasteiger partial charge in [-0.2, -0.15) is 0 Å². The normalized spacial score (nSPS) is 18.3. The van der Waals surface area contributed by atoms with Crippen LogP contribution in [0.3, 0.4) is 0 Å². The van der Waals surface area contributed by atoms with Crippen molar-refractivity contribution in [2.45, 2.75) is 51.5 Å². The number of hydrogen-bond acceptors (Lipinski definition) is 2. The summed E-state index contributed by atoms with van der Waals surface area (Å²) < 4.78 is 0. The molecule has 1 fully saturated rings. The monoisotopic (exact) mass is 237 g/mol. The summed E-state index contributed by atoms with van der Waals surface area (Å²) in [6.07, 6.45) is 8.26. The minimum atomic E-state index is 0.679. The van der Waals surface area contributed by atoms with E-state index >= 15 is 0 Å². The predicted octanol–water partition coefficient (Wildman–Crippen LogP) is 3.85. The molecule has 1 heterocycles. The van der Waals surface area contributed by atoms with Crippen molar-refractivity contribution in [3.8, 4) is 0 Å². The van der Waals surface area contributed by atoms with Crippen molar-refractivity contribution in [2.75, 3.05) is 6.54 Å². The van der Waals surface area contributed by atoms with Crippen LogP contribution in [-0.2, 0) is 6.42 Å². The van der Waals surface area contributed by atoms with E-state index < -0.39 is 0 Å². The van der Waals surface area contributed by atoms with Crippen LogP contribution >= 0.6 is 11.3 Å². The van der Waals surface area contributed by atoms with Crippen molar-refractivity contribution >= 4 is 11.3 Å². The van der Waals surface area contributed by atoms with Gasteiger partial charge in [0.15, 0.2) is 0 Å². The number of thiophene rings is 1. The van der Waals surface area contributed by atoms with Crippen LogP contribution < -0.4 is 5.32 Å². The highest BCUT2D eigenvalue weighted by atomic mass is 32.1. The lowest BCUT2D eigenvalue weighted by atomic mass is 9.83. The molecule has 1 aromatic rings. The van der Waals surface area contributed by atoms with E-state index in [0.29, 0.717) is 6.04 Å². The Hall–Kier alpha value is -0.340. The van der Waals surface area contributed by atoms with Crippen LogP contribution in [0.5, 0.6) is 0 Å². The van der Waals surface area contributed by atoms with Crippen molar-refractivity contribution < 1.29 is 0 Å². The summed E-state index contributed by atoms with van der Waals surface area (Å²) in [5.74, 6) is 1.03. The zero-order valence-corrected chi connectivity index (χ0v) is 11.1. The smallest absolute Gasteiger partial charge is 0.0113 e. The second kappa shape index (κ2) is 6.41. The van der Waals surface area contributed by atoms with Gasteiger partial charge in [-0.25, -0.2) is 0 Å². The van der Waals surface area contributed by atoms with Gasteiger partial charge in [-0.05, 0) is 43.2 Å². The van der Waals surface area contributed by atoms with Gasteiger partial charge in [0.05, 0.1) is 0 Å². The highest BCUT2D eigenvalue weighted by Crippen LogP contribution is 2.28. The molecule has 1 aliphatic rings. The molecule has 1 nitrogen and oxygen atoms in total. The van der Waals surface area contributed by atoms with E-state index in [4.69, 9.17) is 0 Å². The molecular formula is C14H23NS. The molecule has 0 aromatic carbocycles. The molecule has 0 spiro atoms. The van der Waals surface area contributed by atoms with Gasteiger partial charge < -0.3 is 5.32 Å². The summed E-state index contributed by atoms with van der Waals surface area (Å²) in [5.41, 5.74) is 0. The fourth-order valence-electron chi connectivity index (χ4n) is 2.31. The molecule has 0 amide bonds. The second-order valence-electron chi connectivity index (χ2n) is 4.93. The third-order valence-electron chi connectivity index (χ3n) is 3.73. The third kappa shape index (κ3) is 3.60. The van der Waals surface area contributed by atoms with Gasteiger partial charge in [-0.1, -0.05) is 32.3 Å². The minimum Gasteiger partial charge on any atom is -0.314 e. The number of hydrogen-bond donors (Lipinski definition) is 1. The minimum absolute atomic E-state index is 0.679. The first-order valence-electron chi connectivity index (χ1n) is 6.64. The van der Waals surface area contributed by atoms with Gasteiger partial charge in [0.1, 0.15) is 0 Å². The van der Waals surface area contributed by atoms with Crippen LogP contribution in [0, 0.1) is 5.92 Å². The van der Waals surface area contributed by atoms with E-state index in [9.17, 15) is 0 Å². The molecule has 2 rings (SSSR count). The number of nitrogens with one attached hydrogen (secondary N) is 1. The summed E-state index contributed by atoms with van der Waals surface area (Å²) in [6.45, 7) is 3.50. The highest BCUT2D eigenvalue weighted by Gasteiger charge is 2.17. The molecular weight excluding hydrogens is 214 g/mol. The fourth-order valence-corrected chi connectivity index (χ4v) is 3.09. The Kier molecular flexibility index (Phi) is 4.86. The van der Waals surface area contributed by atoms with Gasteiger partial charge in [0.25, 0.3) is 0 Å².